The number of aryl methyl sites for hydroxylation is 1. The Labute approximate surface area is 183 Å². The Bertz CT molecular complexity index is 1130. The topological polar surface area (TPSA) is 84.3 Å². The highest BCUT2D eigenvalue weighted by molar-refractivity contribution is 7.92. The molecule has 0 spiro atoms. The number of imidazole rings is 1. The zero-order valence-corrected chi connectivity index (χ0v) is 17.7. The Kier molecular flexibility index (Phi) is 7.18. The van der Waals surface area contributed by atoms with Gasteiger partial charge in [0.2, 0.25) is 5.91 Å². The molecule has 170 valence electrons. The van der Waals surface area contributed by atoms with E-state index in [2.05, 4.69) is 10.3 Å². The van der Waals surface area contributed by atoms with Crippen LogP contribution >= 0.6 is 0 Å². The highest BCUT2D eigenvalue weighted by atomic mass is 32.2. The number of carbonyl (C=O) groups is 1. The summed E-state index contributed by atoms with van der Waals surface area (Å²) in [7, 11) is -4.28. The minimum absolute atomic E-state index is 0.134. The fourth-order valence-electron chi connectivity index (χ4n) is 2.97. The number of hydrogen-bond donors (Lipinski definition) is 1. The number of rotatable bonds is 9. The number of nitrogens with one attached hydrogen (secondary N) is 1. The first-order valence-electron chi connectivity index (χ1n) is 9.65. The summed E-state index contributed by atoms with van der Waals surface area (Å²) in [6.45, 7) is 0.197. The average Bonchev–Trinajstić information content (AvgIpc) is 3.29. The standard InChI is InChI=1S/C21H21F3N4O3S/c22-21(23,24)17-6-4-7-18(14-17)28(32(30,31)19-8-2-1-3-9-19)15-20(29)26-10-5-12-27-13-11-25-16-27/h1-4,6-9,11,13-14,16H,5,10,12,15H2,(H,26,29). The predicted molar refractivity (Wildman–Crippen MR) is 112 cm³/mol. The number of carbonyl (C=O) groups excluding carboxylic acids is 1. The molecule has 0 fully saturated rings. The molecule has 0 aliphatic carbocycles. The molecule has 3 rings (SSSR count). The summed E-state index contributed by atoms with van der Waals surface area (Å²) in [5, 5.41) is 2.61. The number of hydrogen-bond acceptors (Lipinski definition) is 4. The molecule has 1 heterocycles. The highest BCUT2D eigenvalue weighted by Gasteiger charge is 2.33. The molecular weight excluding hydrogens is 445 g/mol. The molecule has 3 aromatic rings. The van der Waals surface area contributed by atoms with Gasteiger partial charge in [0.25, 0.3) is 10.0 Å². The fraction of sp³-hybridized carbons (Fsp3) is 0.238. The van der Waals surface area contributed by atoms with Crippen molar-refractivity contribution in [3.05, 3.63) is 78.9 Å². The van der Waals surface area contributed by atoms with E-state index in [9.17, 15) is 26.4 Å². The van der Waals surface area contributed by atoms with Crippen molar-refractivity contribution in [1.82, 2.24) is 14.9 Å². The van der Waals surface area contributed by atoms with Gasteiger partial charge in [0.1, 0.15) is 6.54 Å². The van der Waals surface area contributed by atoms with Gasteiger partial charge in [-0.25, -0.2) is 13.4 Å². The fourth-order valence-corrected chi connectivity index (χ4v) is 4.40. The number of halogens is 3. The summed E-state index contributed by atoms with van der Waals surface area (Å²) in [6, 6.07) is 11.1. The van der Waals surface area contributed by atoms with Gasteiger partial charge in [0, 0.05) is 25.5 Å². The second kappa shape index (κ2) is 9.86. The van der Waals surface area contributed by atoms with Crippen molar-refractivity contribution >= 4 is 21.6 Å². The van der Waals surface area contributed by atoms with Gasteiger partial charge in [-0.15, -0.1) is 0 Å². The maximum atomic E-state index is 13.2. The van der Waals surface area contributed by atoms with Gasteiger partial charge in [-0.3, -0.25) is 9.10 Å². The van der Waals surface area contributed by atoms with E-state index in [0.717, 1.165) is 12.1 Å². The lowest BCUT2D eigenvalue weighted by atomic mass is 10.2. The minimum Gasteiger partial charge on any atom is -0.354 e. The van der Waals surface area contributed by atoms with Crippen LogP contribution in [0, 0.1) is 0 Å². The lowest BCUT2D eigenvalue weighted by Crippen LogP contribution is -2.41. The first-order chi connectivity index (χ1) is 15.2. The third-order valence-corrected chi connectivity index (χ3v) is 6.34. The van der Waals surface area contributed by atoms with Crippen LogP contribution in [0.5, 0.6) is 0 Å². The van der Waals surface area contributed by atoms with Crippen LogP contribution < -0.4 is 9.62 Å². The molecule has 0 saturated carbocycles. The summed E-state index contributed by atoms with van der Waals surface area (Å²) >= 11 is 0. The zero-order chi connectivity index (χ0) is 23.2. The molecule has 32 heavy (non-hydrogen) atoms. The minimum atomic E-state index is -4.66. The van der Waals surface area contributed by atoms with E-state index in [4.69, 9.17) is 0 Å². The van der Waals surface area contributed by atoms with Gasteiger partial charge in [-0.1, -0.05) is 24.3 Å². The number of nitrogens with zero attached hydrogens (tertiary/aromatic N) is 3. The van der Waals surface area contributed by atoms with Crippen molar-refractivity contribution in [2.45, 2.75) is 24.0 Å². The molecule has 0 atom stereocenters. The summed E-state index contributed by atoms with van der Waals surface area (Å²) < 4.78 is 68.4. The molecule has 0 aliphatic rings. The number of sulfonamides is 1. The summed E-state index contributed by atoms with van der Waals surface area (Å²) in [4.78, 5) is 16.3. The maximum absolute atomic E-state index is 13.2. The summed E-state index contributed by atoms with van der Waals surface area (Å²) in [5.41, 5.74) is -1.26. The van der Waals surface area contributed by atoms with Crippen molar-refractivity contribution < 1.29 is 26.4 Å². The number of aromatic nitrogens is 2. The van der Waals surface area contributed by atoms with Gasteiger partial charge in [-0.2, -0.15) is 13.2 Å². The van der Waals surface area contributed by atoms with Crippen LogP contribution in [0.15, 0.2) is 78.2 Å². The molecule has 11 heteroatoms. The summed E-state index contributed by atoms with van der Waals surface area (Å²) in [6.07, 6.45) is 0.929. The van der Waals surface area contributed by atoms with E-state index < -0.39 is 34.2 Å². The molecule has 1 amide bonds. The number of benzene rings is 2. The second-order valence-electron chi connectivity index (χ2n) is 6.88. The molecule has 0 saturated heterocycles. The smallest absolute Gasteiger partial charge is 0.354 e. The lowest BCUT2D eigenvalue weighted by Gasteiger charge is -2.25. The van der Waals surface area contributed by atoms with Crippen LogP contribution in [0.25, 0.3) is 0 Å². The normalized spacial score (nSPS) is 11.8. The van der Waals surface area contributed by atoms with E-state index in [-0.39, 0.29) is 17.1 Å². The lowest BCUT2D eigenvalue weighted by molar-refractivity contribution is -0.137. The molecule has 1 aromatic heterocycles. The van der Waals surface area contributed by atoms with E-state index in [1.54, 1.807) is 24.8 Å². The van der Waals surface area contributed by atoms with E-state index in [1.165, 1.54) is 30.3 Å². The second-order valence-corrected chi connectivity index (χ2v) is 8.74. The Morgan fingerprint density at radius 2 is 1.84 bits per heavy atom. The van der Waals surface area contributed by atoms with Gasteiger partial charge >= 0.3 is 6.18 Å². The number of anilines is 1. The van der Waals surface area contributed by atoms with Crippen molar-refractivity contribution in [2.75, 3.05) is 17.4 Å². The summed E-state index contributed by atoms with van der Waals surface area (Å²) in [5.74, 6) is -0.632. The number of amides is 1. The van der Waals surface area contributed by atoms with Crippen LogP contribution in [0.4, 0.5) is 18.9 Å². The van der Waals surface area contributed by atoms with Gasteiger partial charge in [0.15, 0.2) is 0 Å². The van der Waals surface area contributed by atoms with Gasteiger partial charge in [0.05, 0.1) is 22.5 Å². The quantitative estimate of drug-likeness (QED) is 0.491. The van der Waals surface area contributed by atoms with E-state index in [1.807, 2.05) is 4.57 Å². The van der Waals surface area contributed by atoms with Crippen molar-refractivity contribution in [3.63, 3.8) is 0 Å². The van der Waals surface area contributed by atoms with E-state index >= 15 is 0 Å². The first kappa shape index (κ1) is 23.3. The Morgan fingerprint density at radius 1 is 1.09 bits per heavy atom. The van der Waals surface area contributed by atoms with Gasteiger partial charge < -0.3 is 9.88 Å². The van der Waals surface area contributed by atoms with Crippen molar-refractivity contribution in [3.8, 4) is 0 Å². The molecule has 2 aromatic carbocycles. The molecule has 0 radical (unpaired) electrons. The third-order valence-electron chi connectivity index (χ3n) is 4.55. The average molecular weight is 466 g/mol. The number of alkyl halides is 3. The van der Waals surface area contributed by atoms with Crippen LogP contribution in [-0.2, 0) is 27.5 Å². The van der Waals surface area contributed by atoms with Gasteiger partial charge in [-0.05, 0) is 36.8 Å². The van der Waals surface area contributed by atoms with E-state index in [0.29, 0.717) is 23.3 Å². The van der Waals surface area contributed by atoms with Crippen LogP contribution in [0.2, 0.25) is 0 Å². The molecule has 0 bridgehead atoms. The Morgan fingerprint density at radius 3 is 2.50 bits per heavy atom. The molecule has 0 unspecified atom stereocenters. The van der Waals surface area contributed by atoms with Crippen molar-refractivity contribution in [1.29, 1.82) is 0 Å². The van der Waals surface area contributed by atoms with Crippen LogP contribution in [0.1, 0.15) is 12.0 Å². The molecular formula is C21H21F3N4O3S. The third kappa shape index (κ3) is 5.88. The zero-order valence-electron chi connectivity index (χ0n) is 16.9. The monoisotopic (exact) mass is 466 g/mol. The van der Waals surface area contributed by atoms with Crippen LogP contribution in [0.3, 0.4) is 0 Å². The highest BCUT2D eigenvalue weighted by Crippen LogP contribution is 2.33. The molecule has 7 nitrogen and oxygen atoms in total. The Balaban J connectivity index is 1.80. The van der Waals surface area contributed by atoms with Crippen molar-refractivity contribution in [2.24, 2.45) is 0 Å². The Hall–Kier alpha value is -3.34. The predicted octanol–water partition coefficient (Wildman–Crippen LogP) is 3.30. The molecule has 0 aliphatic heterocycles. The first-order valence-corrected chi connectivity index (χ1v) is 11.1. The maximum Gasteiger partial charge on any atom is 0.416 e. The SMILES string of the molecule is O=C(CN(c1cccc(C(F)(F)F)c1)S(=O)(=O)c1ccccc1)NCCCn1ccnc1. The molecule has 1 N–H and O–H groups in total. The van der Waals surface area contributed by atoms with Crippen LogP contribution in [-0.4, -0.2) is 37.0 Å². The largest absolute Gasteiger partial charge is 0.416 e.